The predicted molar refractivity (Wildman–Crippen MR) is 130 cm³/mol. The third kappa shape index (κ3) is 4.37. The minimum absolute atomic E-state index is 0.0384. The summed E-state index contributed by atoms with van der Waals surface area (Å²) < 4.78 is 7.35. The zero-order chi connectivity index (χ0) is 23.7. The molecule has 2 aliphatic rings. The molecule has 0 bridgehead atoms. The molecule has 8 nitrogen and oxygen atoms in total. The van der Waals surface area contributed by atoms with Crippen LogP contribution in [0, 0.1) is 0 Å². The van der Waals surface area contributed by atoms with E-state index >= 15 is 0 Å². The van der Waals surface area contributed by atoms with Gasteiger partial charge >= 0.3 is 0 Å². The largest absolute Gasteiger partial charge is 0.497 e. The standard InChI is InChI=1S/C26H31N5O3/c1-28-23-9-8-20(26(33)30-10-3-4-11-30)17-22(23)27-24(28)18-29-12-14-31(15-13-29)25(32)19-6-5-7-21(16-19)34-2/h5-9,16-17H,3-4,10-15,18H2,1-2H3. The molecule has 3 heterocycles. The summed E-state index contributed by atoms with van der Waals surface area (Å²) in [7, 11) is 3.63. The van der Waals surface area contributed by atoms with Gasteiger partial charge in [0.2, 0.25) is 0 Å². The van der Waals surface area contributed by atoms with Gasteiger partial charge < -0.3 is 19.1 Å². The molecule has 3 aromatic rings. The Labute approximate surface area is 199 Å². The summed E-state index contributed by atoms with van der Waals surface area (Å²) in [5.74, 6) is 1.80. The highest BCUT2D eigenvalue weighted by Gasteiger charge is 2.24. The van der Waals surface area contributed by atoms with E-state index in [0.29, 0.717) is 36.5 Å². The van der Waals surface area contributed by atoms with Crippen LogP contribution >= 0.6 is 0 Å². The molecule has 2 amide bonds. The summed E-state index contributed by atoms with van der Waals surface area (Å²) >= 11 is 0. The van der Waals surface area contributed by atoms with Crippen LogP contribution in [-0.4, -0.2) is 82.4 Å². The molecule has 8 heteroatoms. The van der Waals surface area contributed by atoms with Crippen LogP contribution in [0.25, 0.3) is 11.0 Å². The van der Waals surface area contributed by atoms with Gasteiger partial charge in [-0.25, -0.2) is 4.98 Å². The number of imidazole rings is 1. The second-order valence-electron chi connectivity index (χ2n) is 9.09. The molecule has 0 spiro atoms. The van der Waals surface area contributed by atoms with E-state index in [4.69, 9.17) is 9.72 Å². The molecule has 0 radical (unpaired) electrons. The van der Waals surface area contributed by atoms with Crippen molar-refractivity contribution in [1.82, 2.24) is 24.3 Å². The van der Waals surface area contributed by atoms with Gasteiger partial charge in [-0.2, -0.15) is 0 Å². The number of rotatable bonds is 5. The highest BCUT2D eigenvalue weighted by atomic mass is 16.5. The van der Waals surface area contributed by atoms with Crippen LogP contribution in [0.2, 0.25) is 0 Å². The van der Waals surface area contributed by atoms with Crippen LogP contribution in [-0.2, 0) is 13.6 Å². The number of methoxy groups -OCH3 is 1. The average molecular weight is 462 g/mol. The number of hydrogen-bond acceptors (Lipinski definition) is 5. The average Bonchev–Trinajstić information content (AvgIpc) is 3.52. The van der Waals surface area contributed by atoms with Crippen molar-refractivity contribution in [3.63, 3.8) is 0 Å². The number of ether oxygens (including phenoxy) is 1. The second kappa shape index (κ2) is 9.46. The van der Waals surface area contributed by atoms with Crippen molar-refractivity contribution in [2.45, 2.75) is 19.4 Å². The van der Waals surface area contributed by atoms with Crippen molar-refractivity contribution in [1.29, 1.82) is 0 Å². The molecule has 5 rings (SSSR count). The van der Waals surface area contributed by atoms with Gasteiger partial charge in [0.1, 0.15) is 11.6 Å². The Bertz CT molecular complexity index is 1210. The third-order valence-electron chi connectivity index (χ3n) is 6.95. The van der Waals surface area contributed by atoms with Crippen molar-refractivity contribution in [2.24, 2.45) is 7.05 Å². The zero-order valence-electron chi connectivity index (χ0n) is 19.9. The topological polar surface area (TPSA) is 70.9 Å². The predicted octanol–water partition coefficient (Wildman–Crippen LogP) is 2.78. The number of nitrogens with zero attached hydrogens (tertiary/aromatic N) is 5. The van der Waals surface area contributed by atoms with Crippen molar-refractivity contribution in [3.05, 3.63) is 59.4 Å². The van der Waals surface area contributed by atoms with Crippen LogP contribution in [0.15, 0.2) is 42.5 Å². The number of aryl methyl sites for hydroxylation is 1. The zero-order valence-corrected chi connectivity index (χ0v) is 19.9. The van der Waals surface area contributed by atoms with Gasteiger partial charge in [-0.05, 0) is 49.2 Å². The number of hydrogen-bond donors (Lipinski definition) is 0. The van der Waals surface area contributed by atoms with Gasteiger partial charge in [0.25, 0.3) is 11.8 Å². The molecule has 1 aromatic heterocycles. The minimum Gasteiger partial charge on any atom is -0.497 e. The minimum atomic E-state index is 0.0384. The molecule has 0 N–H and O–H groups in total. The summed E-state index contributed by atoms with van der Waals surface area (Å²) in [6, 6.07) is 13.1. The smallest absolute Gasteiger partial charge is 0.254 e. The number of amides is 2. The molecular weight excluding hydrogens is 430 g/mol. The van der Waals surface area contributed by atoms with E-state index in [1.807, 2.05) is 53.2 Å². The molecule has 2 aromatic carbocycles. The number of benzene rings is 2. The molecular formula is C26H31N5O3. The van der Waals surface area contributed by atoms with Gasteiger partial charge in [-0.1, -0.05) is 6.07 Å². The van der Waals surface area contributed by atoms with Crippen LogP contribution in [0.5, 0.6) is 5.75 Å². The molecule has 2 saturated heterocycles. The van der Waals surface area contributed by atoms with Crippen molar-refractivity contribution >= 4 is 22.8 Å². The second-order valence-corrected chi connectivity index (χ2v) is 9.09. The molecule has 0 saturated carbocycles. The normalized spacial score (nSPS) is 16.9. The van der Waals surface area contributed by atoms with E-state index in [9.17, 15) is 9.59 Å². The molecule has 178 valence electrons. The first-order valence-corrected chi connectivity index (χ1v) is 11.9. The number of piperazine rings is 1. The monoisotopic (exact) mass is 461 g/mol. The number of fused-ring (bicyclic) bond motifs is 1. The maximum atomic E-state index is 12.9. The first kappa shape index (κ1) is 22.4. The highest BCUT2D eigenvalue weighted by molar-refractivity contribution is 5.97. The Hall–Kier alpha value is -3.39. The lowest BCUT2D eigenvalue weighted by Gasteiger charge is -2.34. The van der Waals surface area contributed by atoms with E-state index in [2.05, 4.69) is 9.47 Å². The molecule has 0 atom stereocenters. The molecule has 0 unspecified atom stereocenters. The van der Waals surface area contributed by atoms with Crippen molar-refractivity contribution in [2.75, 3.05) is 46.4 Å². The summed E-state index contributed by atoms with van der Waals surface area (Å²) in [6.45, 7) is 5.33. The van der Waals surface area contributed by atoms with E-state index in [0.717, 1.165) is 55.9 Å². The fourth-order valence-corrected chi connectivity index (χ4v) is 4.87. The maximum absolute atomic E-state index is 12.9. The van der Waals surface area contributed by atoms with E-state index < -0.39 is 0 Å². The van der Waals surface area contributed by atoms with Gasteiger partial charge in [-0.15, -0.1) is 0 Å². The Kier molecular flexibility index (Phi) is 6.24. The highest BCUT2D eigenvalue weighted by Crippen LogP contribution is 2.21. The summed E-state index contributed by atoms with van der Waals surface area (Å²) in [6.07, 6.45) is 2.17. The van der Waals surface area contributed by atoms with Gasteiger partial charge in [0.15, 0.2) is 0 Å². The van der Waals surface area contributed by atoms with Crippen molar-refractivity contribution < 1.29 is 14.3 Å². The molecule has 34 heavy (non-hydrogen) atoms. The SMILES string of the molecule is COc1cccc(C(=O)N2CCN(Cc3nc4cc(C(=O)N5CCCC5)ccc4n3C)CC2)c1. The number of carbonyl (C=O) groups excluding carboxylic acids is 2. The first-order valence-electron chi connectivity index (χ1n) is 11.9. The van der Waals surface area contributed by atoms with Gasteiger partial charge in [0.05, 0.1) is 24.7 Å². The summed E-state index contributed by atoms with van der Waals surface area (Å²) in [5.41, 5.74) is 3.25. The fraction of sp³-hybridized carbons (Fsp3) is 0.423. The molecule has 2 aliphatic heterocycles. The van der Waals surface area contributed by atoms with Crippen LogP contribution in [0.1, 0.15) is 39.4 Å². The Morgan fingerprint density at radius 3 is 2.26 bits per heavy atom. The van der Waals surface area contributed by atoms with E-state index in [1.54, 1.807) is 13.2 Å². The van der Waals surface area contributed by atoms with Gasteiger partial charge in [0, 0.05) is 57.4 Å². The fourth-order valence-electron chi connectivity index (χ4n) is 4.87. The van der Waals surface area contributed by atoms with E-state index in [-0.39, 0.29) is 11.8 Å². The van der Waals surface area contributed by atoms with Crippen LogP contribution in [0.3, 0.4) is 0 Å². The summed E-state index contributed by atoms with van der Waals surface area (Å²) in [5, 5.41) is 0. The van der Waals surface area contributed by atoms with Crippen molar-refractivity contribution in [3.8, 4) is 5.75 Å². The Balaban J connectivity index is 1.23. The number of carbonyl (C=O) groups is 2. The first-order chi connectivity index (χ1) is 16.5. The Morgan fingerprint density at radius 1 is 0.882 bits per heavy atom. The summed E-state index contributed by atoms with van der Waals surface area (Å²) in [4.78, 5) is 36.7. The lowest BCUT2D eigenvalue weighted by Crippen LogP contribution is -2.48. The number of likely N-dealkylation sites (tertiary alicyclic amines) is 1. The third-order valence-corrected chi connectivity index (χ3v) is 6.95. The Morgan fingerprint density at radius 2 is 1.56 bits per heavy atom. The molecule has 2 fully saturated rings. The van der Waals surface area contributed by atoms with Gasteiger partial charge in [-0.3, -0.25) is 14.5 Å². The molecule has 0 aliphatic carbocycles. The number of aromatic nitrogens is 2. The quantitative estimate of drug-likeness (QED) is 0.584. The lowest BCUT2D eigenvalue weighted by atomic mass is 10.1. The maximum Gasteiger partial charge on any atom is 0.254 e. The van der Waals surface area contributed by atoms with Crippen LogP contribution in [0.4, 0.5) is 0 Å². The van der Waals surface area contributed by atoms with Crippen LogP contribution < -0.4 is 4.74 Å². The van der Waals surface area contributed by atoms with E-state index in [1.165, 1.54) is 0 Å². The lowest BCUT2D eigenvalue weighted by molar-refractivity contribution is 0.0624.